The van der Waals surface area contributed by atoms with Gasteiger partial charge < -0.3 is 14.8 Å². The maximum Gasteiger partial charge on any atom is 0.329 e. The largest absolute Gasteiger partial charge is 0.493 e. The number of carbonyl (C=O) groups excluding carboxylic acids is 2. The zero-order chi connectivity index (χ0) is 24.7. The van der Waals surface area contributed by atoms with E-state index in [1.165, 1.54) is 31.5 Å². The summed E-state index contributed by atoms with van der Waals surface area (Å²) in [5.41, 5.74) is 3.94. The Hall–Kier alpha value is -3.62. The number of halogens is 3. The number of anilines is 1. The van der Waals surface area contributed by atoms with Crippen molar-refractivity contribution in [1.29, 1.82) is 0 Å². The van der Waals surface area contributed by atoms with Gasteiger partial charge in [-0.25, -0.2) is 9.82 Å². The molecule has 0 saturated heterocycles. The molecule has 0 aliphatic carbocycles. The van der Waals surface area contributed by atoms with Gasteiger partial charge in [0.2, 0.25) is 0 Å². The molecule has 0 spiro atoms. The highest BCUT2D eigenvalue weighted by Gasteiger charge is 2.15. The molecule has 0 radical (unpaired) electrons. The molecule has 34 heavy (non-hydrogen) atoms. The van der Waals surface area contributed by atoms with Crippen LogP contribution in [0.2, 0.25) is 10.0 Å². The minimum atomic E-state index is -0.989. The van der Waals surface area contributed by atoms with Crippen LogP contribution in [-0.2, 0) is 16.2 Å². The number of rotatable bonds is 7. The second-order valence-corrected chi connectivity index (χ2v) is 7.80. The Labute approximate surface area is 205 Å². The van der Waals surface area contributed by atoms with Crippen LogP contribution in [0.4, 0.5) is 10.1 Å². The number of hydrazone groups is 1. The molecular weight excluding hydrogens is 484 g/mol. The van der Waals surface area contributed by atoms with Crippen LogP contribution in [0, 0.1) is 12.7 Å². The molecule has 0 fully saturated rings. The number of hydrogen-bond acceptors (Lipinski definition) is 5. The highest BCUT2D eigenvalue weighted by molar-refractivity contribution is 6.40. The van der Waals surface area contributed by atoms with Gasteiger partial charge in [-0.1, -0.05) is 41.4 Å². The summed E-state index contributed by atoms with van der Waals surface area (Å²) in [6.45, 7) is 1.65. The Kier molecular flexibility index (Phi) is 8.45. The molecule has 0 saturated carbocycles. The summed E-state index contributed by atoms with van der Waals surface area (Å²) in [6, 6.07) is 14.2. The van der Waals surface area contributed by atoms with Gasteiger partial charge in [-0.15, -0.1) is 0 Å². The van der Waals surface area contributed by atoms with E-state index >= 15 is 0 Å². The molecule has 0 aliphatic rings. The number of para-hydroxylation sites is 1. The quantitative estimate of drug-likeness (QED) is 0.266. The predicted octanol–water partition coefficient (Wildman–Crippen LogP) is 5.12. The van der Waals surface area contributed by atoms with Gasteiger partial charge in [0, 0.05) is 21.8 Å². The number of carbonyl (C=O) groups is 2. The lowest BCUT2D eigenvalue weighted by molar-refractivity contribution is -0.136. The molecular formula is C24H20Cl2FN3O4. The molecule has 0 aromatic heterocycles. The van der Waals surface area contributed by atoms with Crippen LogP contribution in [0.25, 0.3) is 0 Å². The van der Waals surface area contributed by atoms with Gasteiger partial charge in [-0.3, -0.25) is 9.59 Å². The number of ether oxygens (including phenoxy) is 2. The normalized spacial score (nSPS) is 10.7. The predicted molar refractivity (Wildman–Crippen MR) is 129 cm³/mol. The smallest absolute Gasteiger partial charge is 0.329 e. The van der Waals surface area contributed by atoms with Gasteiger partial charge in [0.25, 0.3) is 0 Å². The van der Waals surface area contributed by atoms with Gasteiger partial charge in [0.15, 0.2) is 11.5 Å². The second kappa shape index (κ2) is 11.5. The lowest BCUT2D eigenvalue weighted by Gasteiger charge is -2.14. The lowest BCUT2D eigenvalue weighted by Crippen LogP contribution is -2.32. The van der Waals surface area contributed by atoms with E-state index in [0.29, 0.717) is 22.0 Å². The van der Waals surface area contributed by atoms with Gasteiger partial charge >= 0.3 is 11.8 Å². The van der Waals surface area contributed by atoms with Crippen LogP contribution in [0.5, 0.6) is 11.5 Å². The minimum Gasteiger partial charge on any atom is -0.493 e. The SMILES string of the molecule is COc1cccc(/C=N\NC(=O)C(=O)Nc2ccc(C)c(Cl)c2)c1OCc1c(F)cccc1Cl. The first kappa shape index (κ1) is 25.0. The number of hydrogen-bond donors (Lipinski definition) is 2. The molecule has 2 amide bonds. The van der Waals surface area contributed by atoms with E-state index in [1.54, 1.807) is 36.4 Å². The van der Waals surface area contributed by atoms with Crippen molar-refractivity contribution < 1.29 is 23.5 Å². The Morgan fingerprint density at radius 2 is 1.82 bits per heavy atom. The summed E-state index contributed by atoms with van der Waals surface area (Å²) in [5.74, 6) is -1.81. The van der Waals surface area contributed by atoms with E-state index in [2.05, 4.69) is 15.8 Å². The van der Waals surface area contributed by atoms with Crippen LogP contribution in [-0.4, -0.2) is 25.1 Å². The van der Waals surface area contributed by atoms with Crippen LogP contribution in [0.1, 0.15) is 16.7 Å². The Morgan fingerprint density at radius 1 is 1.06 bits per heavy atom. The Morgan fingerprint density at radius 3 is 2.53 bits per heavy atom. The maximum atomic E-state index is 14.1. The lowest BCUT2D eigenvalue weighted by atomic mass is 10.2. The topological polar surface area (TPSA) is 89.0 Å². The molecule has 0 heterocycles. The highest BCUT2D eigenvalue weighted by atomic mass is 35.5. The molecule has 10 heteroatoms. The number of methoxy groups -OCH3 is 1. The monoisotopic (exact) mass is 503 g/mol. The number of amides is 2. The van der Waals surface area contributed by atoms with Gasteiger partial charge in [-0.2, -0.15) is 5.10 Å². The number of aryl methyl sites for hydroxylation is 1. The molecule has 2 N–H and O–H groups in total. The highest BCUT2D eigenvalue weighted by Crippen LogP contribution is 2.32. The van der Waals surface area contributed by atoms with Crippen molar-refractivity contribution in [3.63, 3.8) is 0 Å². The summed E-state index contributed by atoms with van der Waals surface area (Å²) in [5, 5.41) is 6.93. The summed E-state index contributed by atoms with van der Waals surface area (Å²) in [7, 11) is 1.45. The van der Waals surface area contributed by atoms with Gasteiger partial charge in [0.05, 0.1) is 18.3 Å². The fourth-order valence-electron chi connectivity index (χ4n) is 2.83. The third kappa shape index (κ3) is 6.24. The molecule has 7 nitrogen and oxygen atoms in total. The van der Waals surface area contributed by atoms with Crippen molar-refractivity contribution in [3.05, 3.63) is 87.2 Å². The zero-order valence-corrected chi connectivity index (χ0v) is 19.7. The molecule has 3 aromatic rings. The van der Waals surface area contributed by atoms with E-state index in [9.17, 15) is 14.0 Å². The molecule has 0 atom stereocenters. The number of nitrogens with zero attached hydrogens (tertiary/aromatic N) is 1. The van der Waals surface area contributed by atoms with Crippen molar-refractivity contribution in [2.24, 2.45) is 5.10 Å². The Bertz CT molecular complexity index is 1230. The van der Waals surface area contributed by atoms with Crippen molar-refractivity contribution in [2.75, 3.05) is 12.4 Å². The van der Waals surface area contributed by atoms with Crippen LogP contribution in [0.3, 0.4) is 0 Å². The van der Waals surface area contributed by atoms with Crippen LogP contribution < -0.4 is 20.2 Å². The standard InChI is InChI=1S/C24H20Cl2FN3O4/c1-14-9-10-16(11-19(14)26)29-23(31)24(32)30-28-12-15-5-3-8-21(33-2)22(15)34-13-17-18(25)6-4-7-20(17)27/h3-12H,13H2,1-2H3,(H,29,31)(H,30,32)/b28-12-. The molecule has 3 aromatic carbocycles. The second-order valence-electron chi connectivity index (χ2n) is 6.98. The first-order valence-corrected chi connectivity index (χ1v) is 10.7. The van der Waals surface area contributed by atoms with Crippen molar-refractivity contribution in [1.82, 2.24) is 5.43 Å². The third-order valence-electron chi connectivity index (χ3n) is 4.66. The van der Waals surface area contributed by atoms with E-state index in [4.69, 9.17) is 32.7 Å². The fraction of sp³-hybridized carbons (Fsp3) is 0.125. The first-order valence-electron chi connectivity index (χ1n) is 9.93. The summed E-state index contributed by atoms with van der Waals surface area (Å²) in [6.07, 6.45) is 1.27. The van der Waals surface area contributed by atoms with Gasteiger partial charge in [0.1, 0.15) is 12.4 Å². The summed E-state index contributed by atoms with van der Waals surface area (Å²) < 4.78 is 25.2. The minimum absolute atomic E-state index is 0.166. The molecule has 3 rings (SSSR count). The average Bonchev–Trinajstić information content (AvgIpc) is 2.81. The first-order chi connectivity index (χ1) is 16.3. The Balaban J connectivity index is 1.69. The molecule has 0 aliphatic heterocycles. The summed E-state index contributed by atoms with van der Waals surface area (Å²) >= 11 is 12.1. The maximum absolute atomic E-state index is 14.1. The van der Waals surface area contributed by atoms with Gasteiger partial charge in [-0.05, 0) is 48.9 Å². The van der Waals surface area contributed by atoms with Crippen LogP contribution >= 0.6 is 23.2 Å². The molecule has 0 bridgehead atoms. The zero-order valence-electron chi connectivity index (χ0n) is 18.2. The van der Waals surface area contributed by atoms with Crippen molar-refractivity contribution in [2.45, 2.75) is 13.5 Å². The molecule has 176 valence electrons. The third-order valence-corrected chi connectivity index (χ3v) is 5.42. The fourth-order valence-corrected chi connectivity index (χ4v) is 3.23. The average molecular weight is 504 g/mol. The number of nitrogens with one attached hydrogen (secondary N) is 2. The molecule has 0 unspecified atom stereocenters. The van der Waals surface area contributed by atoms with Crippen molar-refractivity contribution in [3.8, 4) is 11.5 Å². The summed E-state index contributed by atoms with van der Waals surface area (Å²) in [4.78, 5) is 24.2. The van der Waals surface area contributed by atoms with Crippen LogP contribution in [0.15, 0.2) is 59.7 Å². The van der Waals surface area contributed by atoms with E-state index in [1.807, 2.05) is 6.92 Å². The van der Waals surface area contributed by atoms with Crippen molar-refractivity contribution >= 4 is 46.9 Å². The van der Waals surface area contributed by atoms with E-state index in [-0.39, 0.29) is 22.9 Å². The number of benzene rings is 3. The van der Waals surface area contributed by atoms with E-state index < -0.39 is 17.6 Å². The van der Waals surface area contributed by atoms with E-state index in [0.717, 1.165) is 5.56 Å².